The Bertz CT molecular complexity index is 1290. The molecule has 4 heteroatoms. The quantitative estimate of drug-likeness (QED) is 0.258. The first-order valence-corrected chi connectivity index (χ1v) is 19.2. The minimum absolute atomic E-state index is 0.192. The lowest BCUT2D eigenvalue weighted by atomic mass is 9.42. The molecule has 11 rings (SSSR count). The zero-order chi connectivity index (χ0) is 27.8. The van der Waals surface area contributed by atoms with E-state index in [1.807, 2.05) is 12.4 Å². The summed E-state index contributed by atoms with van der Waals surface area (Å²) in [5.74, 6) is 9.45. The van der Waals surface area contributed by atoms with Crippen molar-refractivity contribution in [3.8, 4) is 0 Å². The lowest BCUT2D eigenvalue weighted by molar-refractivity contribution is -0.113. The number of rotatable bonds is 7. The van der Waals surface area contributed by atoms with Crippen molar-refractivity contribution in [2.45, 2.75) is 75.5 Å². The van der Waals surface area contributed by atoms with E-state index in [0.717, 1.165) is 65.3 Å². The van der Waals surface area contributed by atoms with Gasteiger partial charge in [-0.2, -0.15) is 0 Å². The van der Waals surface area contributed by atoms with Crippen molar-refractivity contribution in [1.29, 1.82) is 0 Å². The van der Waals surface area contributed by atoms with Gasteiger partial charge in [0.05, 0.1) is 10.9 Å². The fraction of sp³-hybridized carbons (Fsp3) is 0.579. The first-order chi connectivity index (χ1) is 20.6. The molecule has 0 aliphatic heterocycles. The Morgan fingerprint density at radius 3 is 1.43 bits per heavy atom. The summed E-state index contributed by atoms with van der Waals surface area (Å²) in [5, 5.41) is 0.192. The van der Waals surface area contributed by atoms with Crippen LogP contribution in [0.25, 0.3) is 0 Å². The van der Waals surface area contributed by atoms with Crippen molar-refractivity contribution >= 4 is 28.0 Å². The van der Waals surface area contributed by atoms with Crippen LogP contribution in [0.4, 0.5) is 0 Å². The van der Waals surface area contributed by atoms with Crippen LogP contribution in [-0.4, -0.2) is 9.97 Å². The molecule has 2 nitrogen and oxygen atoms in total. The van der Waals surface area contributed by atoms with Crippen LogP contribution >= 0.6 is 17.2 Å². The molecule has 42 heavy (non-hydrogen) atoms. The van der Waals surface area contributed by atoms with Gasteiger partial charge in [-0.3, -0.25) is 9.97 Å². The molecule has 0 N–H and O–H groups in total. The van der Waals surface area contributed by atoms with E-state index in [4.69, 9.17) is 9.97 Å². The topological polar surface area (TPSA) is 25.8 Å². The van der Waals surface area contributed by atoms with Crippen molar-refractivity contribution < 1.29 is 0 Å². The molecule has 8 saturated carbocycles. The summed E-state index contributed by atoms with van der Waals surface area (Å²) in [6, 6.07) is 22.7. The third kappa shape index (κ3) is 4.32. The Balaban J connectivity index is 1.18. The van der Waals surface area contributed by atoms with Crippen molar-refractivity contribution in [1.82, 2.24) is 9.97 Å². The monoisotopic (exact) mass is 592 g/mol. The maximum Gasteiger partial charge on any atom is 0.0695 e. The van der Waals surface area contributed by atoms with Crippen LogP contribution < -0.4 is 10.9 Å². The van der Waals surface area contributed by atoms with E-state index in [1.54, 1.807) is 11.1 Å². The number of benzene rings is 1. The number of pyridine rings is 2. The maximum atomic E-state index is 4.93. The SMILES string of the molecule is PC(c1ccccc1CP(c1ccccn1)c1ccccn1)(C1C2CC3CC(C2)CC1C3)C1C2CC3CC(C2)CC1C3. The second-order valence-corrected chi connectivity index (χ2v) is 18.5. The molecule has 1 unspecified atom stereocenters. The number of aromatic nitrogens is 2. The maximum absolute atomic E-state index is 4.93. The molecule has 3 aromatic rings. The highest BCUT2D eigenvalue weighted by molar-refractivity contribution is 7.71. The molecule has 8 fully saturated rings. The molecule has 0 radical (unpaired) electrons. The molecular weight excluding hydrogens is 546 g/mol. The van der Waals surface area contributed by atoms with Gasteiger partial charge in [0.2, 0.25) is 0 Å². The molecule has 218 valence electrons. The summed E-state index contributed by atoms with van der Waals surface area (Å²) >= 11 is 0. The van der Waals surface area contributed by atoms with Gasteiger partial charge in [0.15, 0.2) is 0 Å². The molecule has 2 heterocycles. The van der Waals surface area contributed by atoms with Gasteiger partial charge in [-0.05, 0) is 159 Å². The van der Waals surface area contributed by atoms with Gasteiger partial charge in [-0.15, -0.1) is 9.24 Å². The molecule has 1 aromatic carbocycles. The van der Waals surface area contributed by atoms with Crippen LogP contribution in [0.3, 0.4) is 0 Å². The molecule has 0 spiro atoms. The summed E-state index contributed by atoms with van der Waals surface area (Å²) in [4.78, 5) is 9.85. The highest BCUT2D eigenvalue weighted by Gasteiger charge is 2.62. The van der Waals surface area contributed by atoms with Crippen LogP contribution in [0.2, 0.25) is 0 Å². The van der Waals surface area contributed by atoms with E-state index in [1.165, 1.54) is 75.1 Å². The Hall–Kier alpha value is -1.62. The predicted molar refractivity (Wildman–Crippen MR) is 177 cm³/mol. The number of nitrogens with zero attached hydrogens (tertiary/aromatic N) is 2. The molecule has 8 bridgehead atoms. The summed E-state index contributed by atoms with van der Waals surface area (Å²) < 4.78 is 0. The summed E-state index contributed by atoms with van der Waals surface area (Å²) in [5.41, 5.74) is 5.70. The van der Waals surface area contributed by atoms with Crippen LogP contribution in [0.1, 0.15) is 75.3 Å². The molecule has 0 amide bonds. The smallest absolute Gasteiger partial charge is 0.0695 e. The second kappa shape index (κ2) is 10.5. The molecule has 8 aliphatic rings. The van der Waals surface area contributed by atoms with Crippen LogP contribution in [0, 0.1) is 59.2 Å². The van der Waals surface area contributed by atoms with E-state index in [-0.39, 0.29) is 5.16 Å². The lowest BCUT2D eigenvalue weighted by Crippen LogP contribution is -2.59. The Kier molecular flexibility index (Phi) is 6.68. The molecule has 2 aromatic heterocycles. The Morgan fingerprint density at radius 2 is 1.00 bits per heavy atom. The van der Waals surface area contributed by atoms with Crippen molar-refractivity contribution in [2.75, 3.05) is 0 Å². The van der Waals surface area contributed by atoms with E-state index in [2.05, 4.69) is 69.9 Å². The summed E-state index contributed by atoms with van der Waals surface area (Å²) in [6.45, 7) is 0. The summed E-state index contributed by atoms with van der Waals surface area (Å²) in [7, 11) is 3.09. The van der Waals surface area contributed by atoms with Gasteiger partial charge in [0, 0.05) is 31.6 Å². The van der Waals surface area contributed by atoms with Gasteiger partial charge >= 0.3 is 0 Å². The first kappa shape index (κ1) is 26.8. The number of hydrogen-bond donors (Lipinski definition) is 0. The highest BCUT2D eigenvalue weighted by Crippen LogP contribution is 2.70. The van der Waals surface area contributed by atoms with Gasteiger partial charge in [-0.1, -0.05) is 36.4 Å². The molecular formula is C38H46N2P2. The number of hydrogen-bond acceptors (Lipinski definition) is 2. The molecule has 0 saturated heterocycles. The van der Waals surface area contributed by atoms with Gasteiger partial charge in [0.1, 0.15) is 0 Å². The Labute approximate surface area is 256 Å². The van der Waals surface area contributed by atoms with Crippen LogP contribution in [0.15, 0.2) is 73.1 Å². The zero-order valence-corrected chi connectivity index (χ0v) is 26.9. The molecule has 8 aliphatic carbocycles. The zero-order valence-electron chi connectivity index (χ0n) is 24.9. The normalized spacial score (nSPS) is 39.1. The lowest BCUT2D eigenvalue weighted by Gasteiger charge is -2.66. The third-order valence-electron chi connectivity index (χ3n) is 13.2. The van der Waals surface area contributed by atoms with Crippen molar-refractivity contribution in [3.05, 3.63) is 84.2 Å². The average molecular weight is 593 g/mol. The van der Waals surface area contributed by atoms with Gasteiger partial charge in [0.25, 0.3) is 0 Å². The van der Waals surface area contributed by atoms with Crippen LogP contribution in [-0.2, 0) is 11.3 Å². The summed E-state index contributed by atoms with van der Waals surface area (Å²) in [6.07, 6.45) is 20.2. The van der Waals surface area contributed by atoms with E-state index < -0.39 is 7.92 Å². The molecule has 1 atom stereocenters. The Morgan fingerprint density at radius 1 is 0.571 bits per heavy atom. The van der Waals surface area contributed by atoms with Crippen molar-refractivity contribution in [2.24, 2.45) is 59.2 Å². The minimum Gasteiger partial charge on any atom is -0.256 e. The highest BCUT2D eigenvalue weighted by atomic mass is 31.1. The first-order valence-electron chi connectivity index (χ1n) is 17.1. The van der Waals surface area contributed by atoms with E-state index >= 15 is 0 Å². The second-order valence-electron chi connectivity index (χ2n) is 15.5. The van der Waals surface area contributed by atoms with Gasteiger partial charge in [-0.25, -0.2) is 0 Å². The fourth-order valence-corrected chi connectivity index (χ4v) is 16.0. The van der Waals surface area contributed by atoms with Crippen LogP contribution in [0.5, 0.6) is 0 Å². The third-order valence-corrected chi connectivity index (χ3v) is 16.6. The fourth-order valence-electron chi connectivity index (χ4n) is 12.5. The van der Waals surface area contributed by atoms with Gasteiger partial charge < -0.3 is 0 Å². The predicted octanol–water partition coefficient (Wildman–Crippen LogP) is 8.32. The van der Waals surface area contributed by atoms with E-state index in [9.17, 15) is 0 Å². The average Bonchev–Trinajstić information content (AvgIpc) is 3.00. The van der Waals surface area contributed by atoms with Crippen molar-refractivity contribution in [3.63, 3.8) is 0 Å². The minimum atomic E-state index is -0.681. The van der Waals surface area contributed by atoms with E-state index in [0.29, 0.717) is 0 Å². The standard InChI is InChI=1S/C38H46N2P2/c41-38(36-29-15-24-13-25(17-29)18-30(36)16-24,37-31-19-26-14-27(21-31)22-32(37)20-26)33-8-2-1-7-28(33)23-42(34-9-3-5-11-39-34)35-10-4-6-12-40-35/h1-12,24-27,29-32,36-37H,13-23,41H2. The largest absolute Gasteiger partial charge is 0.256 e.